The van der Waals surface area contributed by atoms with Gasteiger partial charge in [-0.1, -0.05) is 25.0 Å². The summed E-state index contributed by atoms with van der Waals surface area (Å²) in [6.45, 7) is 0. The molecule has 2 fully saturated rings. The minimum absolute atomic E-state index is 0.0518. The van der Waals surface area contributed by atoms with E-state index in [1.54, 1.807) is 12.1 Å². The predicted molar refractivity (Wildman–Crippen MR) is 82.0 cm³/mol. The van der Waals surface area contributed by atoms with Gasteiger partial charge in [0, 0.05) is 6.04 Å². The Morgan fingerprint density at radius 2 is 1.96 bits per heavy atom. The number of aliphatic carboxylic acids is 1. The minimum Gasteiger partial charge on any atom is -0.480 e. The number of nitrogens with zero attached hydrogens (tertiary/aromatic N) is 2. The molecule has 7 heteroatoms. The van der Waals surface area contributed by atoms with Crippen LogP contribution in [0, 0.1) is 17.2 Å². The number of fused-ring (bicyclic) bond motifs is 1. The van der Waals surface area contributed by atoms with E-state index in [9.17, 15) is 23.6 Å². The second-order valence-corrected chi connectivity index (χ2v) is 7.96. The summed E-state index contributed by atoms with van der Waals surface area (Å²) in [6.07, 6.45) is 3.81. The normalized spacial score (nSPS) is 28.0. The fourth-order valence-corrected chi connectivity index (χ4v) is 5.89. The highest BCUT2D eigenvalue weighted by molar-refractivity contribution is 7.89. The Morgan fingerprint density at radius 1 is 1.26 bits per heavy atom. The molecule has 1 aliphatic heterocycles. The van der Waals surface area contributed by atoms with Crippen LogP contribution in [-0.4, -0.2) is 35.9 Å². The topological polar surface area (TPSA) is 98.5 Å². The Kier molecular flexibility index (Phi) is 4.13. The van der Waals surface area contributed by atoms with Crippen molar-refractivity contribution in [2.24, 2.45) is 5.92 Å². The monoisotopic (exact) mass is 334 g/mol. The molecule has 1 heterocycles. The zero-order chi connectivity index (χ0) is 16.6. The van der Waals surface area contributed by atoms with Crippen LogP contribution in [0.2, 0.25) is 0 Å². The maximum atomic E-state index is 13.1. The van der Waals surface area contributed by atoms with Gasteiger partial charge < -0.3 is 5.11 Å². The zero-order valence-electron chi connectivity index (χ0n) is 12.6. The van der Waals surface area contributed by atoms with Crippen LogP contribution in [0.4, 0.5) is 0 Å². The lowest BCUT2D eigenvalue weighted by atomic mass is 9.85. The number of hydrogen-bond donors (Lipinski definition) is 1. The second kappa shape index (κ2) is 5.95. The van der Waals surface area contributed by atoms with E-state index in [0.29, 0.717) is 12.8 Å². The molecule has 0 amide bonds. The average molecular weight is 334 g/mol. The summed E-state index contributed by atoms with van der Waals surface area (Å²) in [5.74, 6) is -1.02. The Balaban J connectivity index is 2.09. The van der Waals surface area contributed by atoms with Crippen LogP contribution in [0.5, 0.6) is 0 Å². The average Bonchev–Trinajstić information content (AvgIpc) is 2.95. The number of carboxylic acids is 1. The summed E-state index contributed by atoms with van der Waals surface area (Å²) in [5, 5.41) is 18.7. The van der Waals surface area contributed by atoms with E-state index in [1.165, 1.54) is 12.1 Å². The molecule has 0 radical (unpaired) electrons. The first-order valence-electron chi connectivity index (χ1n) is 7.72. The second-order valence-electron chi connectivity index (χ2n) is 6.14. The third-order valence-electron chi connectivity index (χ3n) is 4.88. The minimum atomic E-state index is -4.02. The van der Waals surface area contributed by atoms with E-state index >= 15 is 0 Å². The molecule has 2 aliphatic rings. The Morgan fingerprint density at radius 3 is 2.65 bits per heavy atom. The summed E-state index contributed by atoms with van der Waals surface area (Å²) in [6, 6.07) is 6.54. The van der Waals surface area contributed by atoms with Crippen molar-refractivity contribution in [3.05, 3.63) is 29.8 Å². The van der Waals surface area contributed by atoms with Crippen molar-refractivity contribution in [2.75, 3.05) is 0 Å². The fourth-order valence-electron chi connectivity index (χ4n) is 3.87. The van der Waals surface area contributed by atoms with Crippen molar-refractivity contribution in [1.82, 2.24) is 4.31 Å². The van der Waals surface area contributed by atoms with Crippen LogP contribution < -0.4 is 0 Å². The largest absolute Gasteiger partial charge is 0.480 e. The maximum Gasteiger partial charge on any atom is 0.322 e. The molecule has 3 unspecified atom stereocenters. The van der Waals surface area contributed by atoms with Crippen LogP contribution in [0.15, 0.2) is 29.2 Å². The van der Waals surface area contributed by atoms with Crippen molar-refractivity contribution in [3.63, 3.8) is 0 Å². The maximum absolute atomic E-state index is 13.1. The number of carboxylic acid groups (broad SMARTS) is 1. The van der Waals surface area contributed by atoms with Crippen molar-refractivity contribution >= 4 is 16.0 Å². The van der Waals surface area contributed by atoms with Crippen molar-refractivity contribution in [1.29, 1.82) is 5.26 Å². The molecule has 1 saturated heterocycles. The summed E-state index contributed by atoms with van der Waals surface area (Å²) in [7, 11) is -4.02. The first kappa shape index (κ1) is 16.0. The van der Waals surface area contributed by atoms with Gasteiger partial charge in [0.25, 0.3) is 0 Å². The van der Waals surface area contributed by atoms with E-state index in [0.717, 1.165) is 23.6 Å². The molecule has 1 aromatic rings. The lowest BCUT2D eigenvalue weighted by Gasteiger charge is -2.32. The molecule has 122 valence electrons. The van der Waals surface area contributed by atoms with Gasteiger partial charge in [0.15, 0.2) is 0 Å². The third-order valence-corrected chi connectivity index (χ3v) is 6.87. The van der Waals surface area contributed by atoms with Gasteiger partial charge in [-0.2, -0.15) is 9.57 Å². The van der Waals surface area contributed by atoms with Crippen LogP contribution in [0.3, 0.4) is 0 Å². The molecule has 1 aliphatic carbocycles. The smallest absolute Gasteiger partial charge is 0.322 e. The predicted octanol–water partition coefficient (Wildman–Crippen LogP) is 1.96. The van der Waals surface area contributed by atoms with Gasteiger partial charge >= 0.3 is 5.97 Å². The number of nitriles is 1. The van der Waals surface area contributed by atoms with Gasteiger partial charge in [-0.25, -0.2) is 8.42 Å². The summed E-state index contributed by atoms with van der Waals surface area (Å²) in [4.78, 5) is 11.5. The van der Waals surface area contributed by atoms with Crippen LogP contribution >= 0.6 is 0 Å². The van der Waals surface area contributed by atoms with Crippen LogP contribution in [-0.2, 0) is 14.8 Å². The van der Waals surface area contributed by atoms with Gasteiger partial charge in [-0.3, -0.25) is 4.79 Å². The molecule has 0 spiro atoms. The number of sulfonamides is 1. The van der Waals surface area contributed by atoms with Crippen LogP contribution in [0.1, 0.15) is 37.7 Å². The van der Waals surface area contributed by atoms with Gasteiger partial charge in [-0.15, -0.1) is 0 Å². The SMILES string of the molecule is N#Cc1ccccc1S(=O)(=O)N1C(C(=O)O)CC2CCCCC21. The lowest BCUT2D eigenvalue weighted by Crippen LogP contribution is -2.46. The fraction of sp³-hybridized carbons (Fsp3) is 0.500. The van der Waals surface area contributed by atoms with E-state index in [-0.39, 0.29) is 22.4 Å². The van der Waals surface area contributed by atoms with Crippen molar-refractivity contribution < 1.29 is 18.3 Å². The molecular weight excluding hydrogens is 316 g/mol. The lowest BCUT2D eigenvalue weighted by molar-refractivity contribution is -0.141. The molecule has 1 N–H and O–H groups in total. The van der Waals surface area contributed by atoms with Crippen LogP contribution in [0.25, 0.3) is 0 Å². The Labute approximate surface area is 135 Å². The molecule has 6 nitrogen and oxygen atoms in total. The van der Waals surface area contributed by atoms with E-state index in [2.05, 4.69) is 0 Å². The molecule has 1 aromatic carbocycles. The molecule has 0 aromatic heterocycles. The number of benzene rings is 1. The first-order valence-corrected chi connectivity index (χ1v) is 9.16. The molecule has 3 atom stereocenters. The van der Waals surface area contributed by atoms with Gasteiger partial charge in [0.05, 0.1) is 10.5 Å². The summed E-state index contributed by atoms with van der Waals surface area (Å²) in [5.41, 5.74) is 0.0518. The molecule has 0 bridgehead atoms. The molecule has 1 saturated carbocycles. The van der Waals surface area contributed by atoms with E-state index in [4.69, 9.17) is 0 Å². The highest BCUT2D eigenvalue weighted by Gasteiger charge is 2.51. The van der Waals surface area contributed by atoms with Crippen molar-refractivity contribution in [2.45, 2.75) is 49.1 Å². The first-order chi connectivity index (χ1) is 11.0. The summed E-state index contributed by atoms with van der Waals surface area (Å²) < 4.78 is 27.4. The third kappa shape index (κ3) is 2.62. The molecular formula is C16H18N2O4S. The van der Waals surface area contributed by atoms with Gasteiger partial charge in [0.1, 0.15) is 12.1 Å². The van der Waals surface area contributed by atoms with Gasteiger partial charge in [-0.05, 0) is 37.3 Å². The van der Waals surface area contributed by atoms with E-state index < -0.39 is 22.0 Å². The zero-order valence-corrected chi connectivity index (χ0v) is 13.4. The standard InChI is InChI=1S/C16H18N2O4S/c17-10-12-6-2-4-8-15(12)23(21,22)18-13-7-3-1-5-11(13)9-14(18)16(19)20/h2,4,6,8,11,13-14H,1,3,5,7,9H2,(H,19,20). The molecule has 3 rings (SSSR count). The number of hydrogen-bond acceptors (Lipinski definition) is 4. The van der Waals surface area contributed by atoms with E-state index in [1.807, 2.05) is 6.07 Å². The quantitative estimate of drug-likeness (QED) is 0.911. The Hall–Kier alpha value is -1.91. The number of rotatable bonds is 3. The highest BCUT2D eigenvalue weighted by Crippen LogP contribution is 2.43. The number of carbonyl (C=O) groups is 1. The highest BCUT2D eigenvalue weighted by atomic mass is 32.2. The van der Waals surface area contributed by atoms with Crippen molar-refractivity contribution in [3.8, 4) is 6.07 Å². The molecule has 23 heavy (non-hydrogen) atoms. The Bertz CT molecular complexity index is 769. The summed E-state index contributed by atoms with van der Waals surface area (Å²) >= 11 is 0. The van der Waals surface area contributed by atoms with Gasteiger partial charge in [0.2, 0.25) is 10.0 Å².